The molecule has 1 atom stereocenters. The Morgan fingerprint density at radius 3 is 2.20 bits per heavy atom. The summed E-state index contributed by atoms with van der Waals surface area (Å²) in [5.74, 6) is 0.484. The van der Waals surface area contributed by atoms with E-state index in [1.807, 2.05) is 0 Å². The van der Waals surface area contributed by atoms with Crippen molar-refractivity contribution in [2.24, 2.45) is 0 Å². The van der Waals surface area contributed by atoms with Crippen LogP contribution in [0.1, 0.15) is 61.5 Å². The van der Waals surface area contributed by atoms with Crippen LogP contribution in [0.3, 0.4) is 0 Å². The molecule has 2 rings (SSSR count). The van der Waals surface area contributed by atoms with Crippen LogP contribution < -0.4 is 5.32 Å². The molecule has 0 aliphatic carbocycles. The highest BCUT2D eigenvalue weighted by Gasteiger charge is 2.19. The number of benzene rings is 1. The van der Waals surface area contributed by atoms with Crippen LogP contribution in [-0.2, 0) is 0 Å². The number of nitrogens with zero attached hydrogens (tertiary/aromatic N) is 1. The SMILES string of the molecule is Cc1ccc(C(NC(C)C)c2nc(C(C)C)cs2)cc1. The van der Waals surface area contributed by atoms with E-state index in [4.69, 9.17) is 4.98 Å². The molecular formula is C17H24N2S. The molecule has 0 aliphatic heterocycles. The maximum Gasteiger partial charge on any atom is 0.114 e. The minimum absolute atomic E-state index is 0.188. The lowest BCUT2D eigenvalue weighted by atomic mass is 10.0. The number of aryl methyl sites for hydroxylation is 1. The highest BCUT2D eigenvalue weighted by molar-refractivity contribution is 7.09. The van der Waals surface area contributed by atoms with Gasteiger partial charge < -0.3 is 5.32 Å². The van der Waals surface area contributed by atoms with Gasteiger partial charge in [-0.2, -0.15) is 0 Å². The molecule has 1 aromatic carbocycles. The molecule has 20 heavy (non-hydrogen) atoms. The number of aromatic nitrogens is 1. The van der Waals surface area contributed by atoms with Crippen LogP contribution in [0.25, 0.3) is 0 Å². The van der Waals surface area contributed by atoms with E-state index in [2.05, 4.69) is 69.6 Å². The van der Waals surface area contributed by atoms with Crippen molar-refractivity contribution in [3.8, 4) is 0 Å². The molecule has 1 unspecified atom stereocenters. The van der Waals surface area contributed by atoms with Crippen LogP contribution in [0.15, 0.2) is 29.6 Å². The molecule has 0 saturated carbocycles. The summed E-state index contributed by atoms with van der Waals surface area (Å²) in [5, 5.41) is 6.97. The van der Waals surface area contributed by atoms with Gasteiger partial charge in [-0.15, -0.1) is 11.3 Å². The molecule has 1 N–H and O–H groups in total. The normalized spacial score (nSPS) is 13.2. The fourth-order valence-corrected chi connectivity index (χ4v) is 3.17. The third-order valence-electron chi connectivity index (χ3n) is 3.29. The molecule has 2 aromatic rings. The molecule has 0 bridgehead atoms. The van der Waals surface area contributed by atoms with Crippen molar-refractivity contribution < 1.29 is 0 Å². The zero-order chi connectivity index (χ0) is 14.7. The predicted molar refractivity (Wildman–Crippen MR) is 87.5 cm³/mol. The van der Waals surface area contributed by atoms with Gasteiger partial charge in [0.05, 0.1) is 11.7 Å². The number of nitrogens with one attached hydrogen (secondary N) is 1. The zero-order valence-corrected chi connectivity index (χ0v) is 13.8. The second kappa shape index (κ2) is 6.51. The van der Waals surface area contributed by atoms with Crippen molar-refractivity contribution in [3.63, 3.8) is 0 Å². The van der Waals surface area contributed by atoms with E-state index in [9.17, 15) is 0 Å². The first-order chi connectivity index (χ1) is 9.47. The summed E-state index contributed by atoms with van der Waals surface area (Å²) >= 11 is 1.75. The van der Waals surface area contributed by atoms with Gasteiger partial charge in [0.1, 0.15) is 5.01 Å². The number of hydrogen-bond acceptors (Lipinski definition) is 3. The highest BCUT2D eigenvalue weighted by atomic mass is 32.1. The maximum absolute atomic E-state index is 4.82. The Balaban J connectivity index is 2.33. The first-order valence-corrected chi connectivity index (χ1v) is 8.13. The van der Waals surface area contributed by atoms with Gasteiger partial charge in [0.15, 0.2) is 0 Å². The first kappa shape index (κ1) is 15.2. The minimum Gasteiger partial charge on any atom is -0.302 e. The van der Waals surface area contributed by atoms with Gasteiger partial charge in [-0.1, -0.05) is 43.7 Å². The average molecular weight is 288 g/mol. The summed E-state index contributed by atoms with van der Waals surface area (Å²) in [6.45, 7) is 10.9. The Morgan fingerprint density at radius 1 is 1.05 bits per heavy atom. The van der Waals surface area contributed by atoms with Crippen molar-refractivity contribution in [2.45, 2.75) is 52.6 Å². The van der Waals surface area contributed by atoms with Gasteiger partial charge in [0.2, 0.25) is 0 Å². The van der Waals surface area contributed by atoms with Gasteiger partial charge >= 0.3 is 0 Å². The number of hydrogen-bond donors (Lipinski definition) is 1. The monoisotopic (exact) mass is 288 g/mol. The molecule has 0 fully saturated rings. The van der Waals surface area contributed by atoms with Crippen molar-refractivity contribution in [1.29, 1.82) is 0 Å². The van der Waals surface area contributed by atoms with Crippen molar-refractivity contribution in [3.05, 3.63) is 51.5 Å². The van der Waals surface area contributed by atoms with Gasteiger partial charge in [-0.25, -0.2) is 4.98 Å². The summed E-state index contributed by atoms with van der Waals surface area (Å²) in [5.41, 5.74) is 3.76. The summed E-state index contributed by atoms with van der Waals surface area (Å²) in [6.07, 6.45) is 0. The molecule has 0 spiro atoms. The second-order valence-electron chi connectivity index (χ2n) is 5.93. The van der Waals surface area contributed by atoms with Crippen molar-refractivity contribution >= 4 is 11.3 Å². The Morgan fingerprint density at radius 2 is 1.70 bits per heavy atom. The number of rotatable bonds is 5. The quantitative estimate of drug-likeness (QED) is 0.865. The molecule has 0 saturated heterocycles. The molecule has 2 nitrogen and oxygen atoms in total. The maximum atomic E-state index is 4.82. The third-order valence-corrected chi connectivity index (χ3v) is 4.22. The predicted octanol–water partition coefficient (Wildman–Crippen LogP) is 4.66. The highest BCUT2D eigenvalue weighted by Crippen LogP contribution is 2.28. The fourth-order valence-electron chi connectivity index (χ4n) is 2.10. The standard InChI is InChI=1S/C17H24N2S/c1-11(2)15-10-20-17(19-15)16(18-12(3)4)14-8-6-13(5)7-9-14/h6-12,16,18H,1-5H3. The van der Waals surface area contributed by atoms with E-state index in [1.165, 1.54) is 16.8 Å². The Labute approximate surface area is 126 Å². The van der Waals surface area contributed by atoms with Crippen LogP contribution in [0, 0.1) is 6.92 Å². The lowest BCUT2D eigenvalue weighted by Gasteiger charge is -2.20. The Kier molecular flexibility index (Phi) is 4.95. The lowest BCUT2D eigenvalue weighted by Crippen LogP contribution is -2.29. The summed E-state index contributed by atoms with van der Waals surface area (Å²) in [6, 6.07) is 9.35. The van der Waals surface area contributed by atoms with E-state index in [1.54, 1.807) is 11.3 Å². The zero-order valence-electron chi connectivity index (χ0n) is 13.0. The van der Waals surface area contributed by atoms with Crippen molar-refractivity contribution in [2.75, 3.05) is 0 Å². The van der Waals surface area contributed by atoms with Gasteiger partial charge in [0.25, 0.3) is 0 Å². The summed E-state index contributed by atoms with van der Waals surface area (Å²) < 4.78 is 0. The molecule has 1 heterocycles. The van der Waals surface area contributed by atoms with Gasteiger partial charge in [0, 0.05) is 11.4 Å². The molecular weight excluding hydrogens is 264 g/mol. The van der Waals surface area contributed by atoms with Crippen LogP contribution in [0.5, 0.6) is 0 Å². The largest absolute Gasteiger partial charge is 0.302 e. The minimum atomic E-state index is 0.188. The molecule has 108 valence electrons. The average Bonchev–Trinajstić information content (AvgIpc) is 2.86. The first-order valence-electron chi connectivity index (χ1n) is 7.25. The molecule has 1 aromatic heterocycles. The van der Waals surface area contributed by atoms with Crippen LogP contribution >= 0.6 is 11.3 Å². The van der Waals surface area contributed by atoms with E-state index in [0.717, 1.165) is 5.01 Å². The fraction of sp³-hybridized carbons (Fsp3) is 0.471. The van der Waals surface area contributed by atoms with E-state index >= 15 is 0 Å². The van der Waals surface area contributed by atoms with Crippen molar-refractivity contribution in [1.82, 2.24) is 10.3 Å². The summed E-state index contributed by atoms with van der Waals surface area (Å²) in [7, 11) is 0. The molecule has 3 heteroatoms. The van der Waals surface area contributed by atoms with Gasteiger partial charge in [-0.3, -0.25) is 0 Å². The van der Waals surface area contributed by atoms with E-state index < -0.39 is 0 Å². The van der Waals surface area contributed by atoms with Crippen LogP contribution in [0.2, 0.25) is 0 Å². The molecule has 0 aliphatic rings. The van der Waals surface area contributed by atoms with E-state index in [0.29, 0.717) is 12.0 Å². The topological polar surface area (TPSA) is 24.9 Å². The van der Waals surface area contributed by atoms with Gasteiger partial charge in [-0.05, 0) is 32.3 Å². The second-order valence-corrected chi connectivity index (χ2v) is 6.82. The Hall–Kier alpha value is -1.19. The third kappa shape index (κ3) is 3.68. The summed E-state index contributed by atoms with van der Waals surface area (Å²) in [4.78, 5) is 4.82. The smallest absolute Gasteiger partial charge is 0.114 e. The van der Waals surface area contributed by atoms with E-state index in [-0.39, 0.29) is 6.04 Å². The van der Waals surface area contributed by atoms with Crippen LogP contribution in [-0.4, -0.2) is 11.0 Å². The molecule has 0 radical (unpaired) electrons. The van der Waals surface area contributed by atoms with Crippen LogP contribution in [0.4, 0.5) is 0 Å². The lowest BCUT2D eigenvalue weighted by molar-refractivity contribution is 0.525. The number of thiazole rings is 1. The Bertz CT molecular complexity index is 540. The molecule has 0 amide bonds.